The minimum Gasteiger partial charge on any atom is -0.203 e. The number of hydrogen-bond acceptors (Lipinski definition) is 0. The van der Waals surface area contributed by atoms with Crippen molar-refractivity contribution < 1.29 is 22.0 Å². The molecule has 0 amide bonds. The van der Waals surface area contributed by atoms with Gasteiger partial charge in [-0.15, -0.1) is 0 Å². The van der Waals surface area contributed by atoms with Gasteiger partial charge < -0.3 is 0 Å². The summed E-state index contributed by atoms with van der Waals surface area (Å²) in [5.74, 6) is -9.59. The molecule has 2 rings (SSSR count). The van der Waals surface area contributed by atoms with Gasteiger partial charge in [-0.25, -0.2) is 22.0 Å². The molecule has 0 heterocycles. The quantitative estimate of drug-likeness (QED) is 0.406. The van der Waals surface area contributed by atoms with Crippen molar-refractivity contribution in [2.24, 2.45) is 0 Å². The zero-order valence-electron chi connectivity index (χ0n) is 10.8. The van der Waals surface area contributed by atoms with E-state index >= 15 is 0 Å². The van der Waals surface area contributed by atoms with Crippen LogP contribution in [-0.2, 0) is 0 Å². The second kappa shape index (κ2) is 5.23. The van der Waals surface area contributed by atoms with Crippen LogP contribution in [0.25, 0.3) is 11.1 Å². The molecule has 0 nitrogen and oxygen atoms in total. The zero-order valence-corrected chi connectivity index (χ0v) is 10.8. The standard InChI is InChI=1S/C15H11F5/c1-7(2)8-4-3-5-9(6-8)10-11(16)13(18)15(20)14(19)12(10)17/h3-7H,1-2H3. The van der Waals surface area contributed by atoms with Gasteiger partial charge in [0, 0.05) is 0 Å². The fraction of sp³-hybridized carbons (Fsp3) is 0.200. The van der Waals surface area contributed by atoms with Crippen molar-refractivity contribution in [3.8, 4) is 11.1 Å². The summed E-state index contributed by atoms with van der Waals surface area (Å²) >= 11 is 0. The minimum absolute atomic E-state index is 0.0380. The third-order valence-electron chi connectivity index (χ3n) is 3.05. The summed E-state index contributed by atoms with van der Waals surface area (Å²) in [6, 6.07) is 5.97. The number of rotatable bonds is 2. The fourth-order valence-electron chi connectivity index (χ4n) is 1.91. The van der Waals surface area contributed by atoms with E-state index in [2.05, 4.69) is 0 Å². The van der Waals surface area contributed by atoms with Crippen LogP contribution in [0.15, 0.2) is 24.3 Å². The lowest BCUT2D eigenvalue weighted by atomic mass is 9.96. The lowest BCUT2D eigenvalue weighted by Crippen LogP contribution is -2.04. The number of halogens is 5. The fourth-order valence-corrected chi connectivity index (χ4v) is 1.91. The largest absolute Gasteiger partial charge is 0.203 e. The van der Waals surface area contributed by atoms with Gasteiger partial charge in [-0.2, -0.15) is 0 Å². The van der Waals surface area contributed by atoms with Gasteiger partial charge in [-0.1, -0.05) is 38.1 Å². The molecule has 20 heavy (non-hydrogen) atoms. The third-order valence-corrected chi connectivity index (χ3v) is 3.05. The maximum Gasteiger partial charge on any atom is 0.200 e. The molecule has 0 saturated carbocycles. The summed E-state index contributed by atoms with van der Waals surface area (Å²) in [7, 11) is 0. The van der Waals surface area contributed by atoms with E-state index in [4.69, 9.17) is 0 Å². The van der Waals surface area contributed by atoms with Crippen LogP contribution in [0.3, 0.4) is 0 Å². The summed E-state index contributed by atoms with van der Waals surface area (Å²) in [6.07, 6.45) is 0. The second-order valence-electron chi connectivity index (χ2n) is 4.73. The first-order chi connectivity index (χ1) is 9.34. The van der Waals surface area contributed by atoms with Crippen LogP contribution in [0.1, 0.15) is 25.3 Å². The Balaban J connectivity index is 2.73. The van der Waals surface area contributed by atoms with E-state index in [1.807, 2.05) is 13.8 Å². The van der Waals surface area contributed by atoms with E-state index < -0.39 is 34.6 Å². The number of hydrogen-bond donors (Lipinski definition) is 0. The molecule has 5 heteroatoms. The Morgan fingerprint density at radius 2 is 1.25 bits per heavy atom. The Hall–Kier alpha value is -1.91. The highest BCUT2D eigenvalue weighted by Crippen LogP contribution is 2.32. The normalized spacial score (nSPS) is 11.2. The molecule has 0 unspecified atom stereocenters. The van der Waals surface area contributed by atoms with Crippen molar-refractivity contribution in [1.29, 1.82) is 0 Å². The van der Waals surface area contributed by atoms with Crippen molar-refractivity contribution in [2.45, 2.75) is 19.8 Å². The van der Waals surface area contributed by atoms with Gasteiger partial charge in [0.1, 0.15) is 0 Å². The predicted octanol–water partition coefficient (Wildman–Crippen LogP) is 5.17. The molecule has 0 atom stereocenters. The Kier molecular flexibility index (Phi) is 3.79. The van der Waals surface area contributed by atoms with Crippen LogP contribution in [0.2, 0.25) is 0 Å². The molecule has 0 aliphatic heterocycles. The molecule has 0 aliphatic carbocycles. The molecule has 0 saturated heterocycles. The Morgan fingerprint density at radius 3 is 1.75 bits per heavy atom. The van der Waals surface area contributed by atoms with E-state index in [0.717, 1.165) is 5.56 Å². The van der Waals surface area contributed by atoms with Gasteiger partial charge in [0.2, 0.25) is 5.82 Å². The first-order valence-electron chi connectivity index (χ1n) is 5.96. The molecule has 0 aromatic heterocycles. The molecule has 0 fully saturated rings. The topological polar surface area (TPSA) is 0 Å². The van der Waals surface area contributed by atoms with E-state index in [-0.39, 0.29) is 11.5 Å². The van der Waals surface area contributed by atoms with E-state index in [9.17, 15) is 22.0 Å². The summed E-state index contributed by atoms with van der Waals surface area (Å²) in [5.41, 5.74) is -0.195. The lowest BCUT2D eigenvalue weighted by Gasteiger charge is -2.11. The van der Waals surface area contributed by atoms with Gasteiger partial charge in [-0.05, 0) is 17.0 Å². The average molecular weight is 286 g/mol. The van der Waals surface area contributed by atoms with E-state index in [1.54, 1.807) is 6.07 Å². The molecule has 0 bridgehead atoms. The highest BCUT2D eigenvalue weighted by Gasteiger charge is 2.26. The van der Waals surface area contributed by atoms with Crippen LogP contribution < -0.4 is 0 Å². The molecular formula is C15H11F5. The second-order valence-corrected chi connectivity index (χ2v) is 4.73. The smallest absolute Gasteiger partial charge is 0.200 e. The highest BCUT2D eigenvalue weighted by atomic mass is 19.2. The predicted molar refractivity (Wildman–Crippen MR) is 65.8 cm³/mol. The first kappa shape index (κ1) is 14.5. The first-order valence-corrected chi connectivity index (χ1v) is 5.96. The molecular weight excluding hydrogens is 275 g/mol. The van der Waals surface area contributed by atoms with Crippen LogP contribution in [0, 0.1) is 29.1 Å². The molecule has 0 spiro atoms. The Morgan fingerprint density at radius 1 is 0.750 bits per heavy atom. The van der Waals surface area contributed by atoms with E-state index in [0.29, 0.717) is 0 Å². The summed E-state index contributed by atoms with van der Waals surface area (Å²) in [4.78, 5) is 0. The van der Waals surface area contributed by atoms with Gasteiger partial charge in [0.15, 0.2) is 23.3 Å². The van der Waals surface area contributed by atoms with Crippen LogP contribution in [0.4, 0.5) is 22.0 Å². The van der Waals surface area contributed by atoms with Crippen molar-refractivity contribution in [3.63, 3.8) is 0 Å². The van der Waals surface area contributed by atoms with Gasteiger partial charge in [0.05, 0.1) is 5.56 Å². The summed E-state index contributed by atoms with van der Waals surface area (Å²) in [6.45, 7) is 3.72. The van der Waals surface area contributed by atoms with Crippen LogP contribution >= 0.6 is 0 Å². The summed E-state index contributed by atoms with van der Waals surface area (Å²) < 4.78 is 66.8. The molecule has 106 valence electrons. The van der Waals surface area contributed by atoms with Gasteiger partial charge >= 0.3 is 0 Å². The lowest BCUT2D eigenvalue weighted by molar-refractivity contribution is 0.381. The number of benzene rings is 2. The molecule has 2 aromatic rings. The molecule has 2 aromatic carbocycles. The van der Waals surface area contributed by atoms with Crippen molar-refractivity contribution in [2.75, 3.05) is 0 Å². The Labute approximate surface area is 112 Å². The van der Waals surface area contributed by atoms with Crippen molar-refractivity contribution in [3.05, 3.63) is 58.9 Å². The average Bonchev–Trinajstić information content (AvgIpc) is 2.43. The van der Waals surface area contributed by atoms with Crippen LogP contribution in [-0.4, -0.2) is 0 Å². The van der Waals surface area contributed by atoms with Gasteiger partial charge in [-0.3, -0.25) is 0 Å². The minimum atomic E-state index is -2.15. The third kappa shape index (κ3) is 2.28. The Bertz CT molecular complexity index is 633. The molecule has 0 N–H and O–H groups in total. The van der Waals surface area contributed by atoms with Crippen molar-refractivity contribution in [1.82, 2.24) is 0 Å². The molecule has 0 aliphatic rings. The maximum atomic E-state index is 13.7. The highest BCUT2D eigenvalue weighted by molar-refractivity contribution is 5.66. The monoisotopic (exact) mass is 286 g/mol. The van der Waals surface area contributed by atoms with Crippen LogP contribution in [0.5, 0.6) is 0 Å². The van der Waals surface area contributed by atoms with Gasteiger partial charge in [0.25, 0.3) is 0 Å². The van der Waals surface area contributed by atoms with Crippen molar-refractivity contribution >= 4 is 0 Å². The van der Waals surface area contributed by atoms with E-state index in [1.165, 1.54) is 18.2 Å². The molecule has 0 radical (unpaired) electrons. The SMILES string of the molecule is CC(C)c1cccc(-c2c(F)c(F)c(F)c(F)c2F)c1. The maximum absolute atomic E-state index is 13.7. The summed E-state index contributed by atoms with van der Waals surface area (Å²) in [5, 5.41) is 0. The zero-order chi connectivity index (χ0) is 15.0.